The molecule has 4 fully saturated rings. The van der Waals surface area contributed by atoms with Gasteiger partial charge in [-0.3, -0.25) is 18.9 Å². The fourth-order valence-corrected chi connectivity index (χ4v) is 14.0. The van der Waals surface area contributed by atoms with E-state index in [4.69, 9.17) is 19.2 Å². The number of benzene rings is 2. The summed E-state index contributed by atoms with van der Waals surface area (Å²) < 4.78 is 63.9. The molecule has 2 aromatic heterocycles. The first-order valence-corrected chi connectivity index (χ1v) is 26.0. The Hall–Kier alpha value is -4.46. The molecule has 65 heavy (non-hydrogen) atoms. The van der Waals surface area contributed by atoms with E-state index in [0.717, 1.165) is 51.4 Å². The summed E-state index contributed by atoms with van der Waals surface area (Å²) in [7, 11) is -2.85. The van der Waals surface area contributed by atoms with Crippen LogP contribution in [0, 0.1) is 30.4 Å². The first-order valence-electron chi connectivity index (χ1n) is 23.3. The summed E-state index contributed by atoms with van der Waals surface area (Å²) in [6.07, 6.45) is 7.44. The number of nitrogens with one attached hydrogen (secondary N) is 1. The van der Waals surface area contributed by atoms with E-state index < -0.39 is 54.4 Å². The number of fused-ring (bicyclic) bond motifs is 3. The topological polar surface area (TPSA) is 157 Å². The molecule has 2 aliphatic carbocycles. The number of ketones is 1. The Morgan fingerprint density at radius 3 is 2.46 bits per heavy atom. The van der Waals surface area contributed by atoms with Gasteiger partial charge < -0.3 is 29.3 Å². The molecule has 6 atom stereocenters. The van der Waals surface area contributed by atoms with Crippen LogP contribution in [0.5, 0.6) is 11.5 Å². The van der Waals surface area contributed by atoms with Gasteiger partial charge in [0, 0.05) is 47.2 Å². The molecule has 1 unspecified atom stereocenters. The van der Waals surface area contributed by atoms with Crippen molar-refractivity contribution in [2.45, 2.75) is 153 Å². The van der Waals surface area contributed by atoms with E-state index in [1.54, 1.807) is 31.2 Å². The van der Waals surface area contributed by atoms with Crippen molar-refractivity contribution in [1.82, 2.24) is 14.9 Å². The number of aromatic nitrogens is 2. The third-order valence-corrected chi connectivity index (χ3v) is 17.6. The van der Waals surface area contributed by atoms with E-state index in [-0.39, 0.29) is 78.1 Å². The number of nitrogens with zero attached hydrogens (tertiary/aromatic N) is 3. The van der Waals surface area contributed by atoms with Gasteiger partial charge in [-0.2, -0.15) is 0 Å². The minimum atomic E-state index is -4.22. The fraction of sp³-hybridized carbons (Fsp3) is 0.571. The van der Waals surface area contributed by atoms with Crippen LogP contribution in [0.2, 0.25) is 0 Å². The van der Waals surface area contributed by atoms with Gasteiger partial charge in [0.1, 0.15) is 35.0 Å². The normalized spacial score (nSPS) is 25.4. The molecular formula is C49H61F2N4O8PS. The Labute approximate surface area is 383 Å². The predicted octanol–water partition coefficient (Wildman–Crippen LogP) is 10.5. The van der Waals surface area contributed by atoms with Gasteiger partial charge in [0.15, 0.2) is 22.5 Å². The van der Waals surface area contributed by atoms with Gasteiger partial charge in [-0.25, -0.2) is 18.7 Å². The number of Topliss-reactive ketones (excluding diaryl/α,β-unsaturated/α-hetero) is 1. The quantitative estimate of drug-likeness (QED) is 0.103. The van der Waals surface area contributed by atoms with Crippen LogP contribution >= 0.6 is 18.7 Å². The van der Waals surface area contributed by atoms with E-state index in [1.807, 2.05) is 19.2 Å². The molecule has 4 aromatic rings. The third kappa shape index (κ3) is 10.3. The van der Waals surface area contributed by atoms with Crippen LogP contribution in [-0.4, -0.2) is 80.5 Å². The molecule has 350 valence electrons. The number of methoxy groups -OCH3 is 1. The minimum absolute atomic E-state index is 0.00504. The number of anilines is 1. The van der Waals surface area contributed by atoms with Gasteiger partial charge in [0.05, 0.1) is 43.1 Å². The third-order valence-electron chi connectivity index (χ3n) is 14.0. The summed E-state index contributed by atoms with van der Waals surface area (Å²) in [4.78, 5) is 66.4. The van der Waals surface area contributed by atoms with Crippen LogP contribution in [0.4, 0.5) is 13.9 Å². The zero-order valence-corrected chi connectivity index (χ0v) is 39.5. The second-order valence-corrected chi connectivity index (χ2v) is 22.5. The van der Waals surface area contributed by atoms with Gasteiger partial charge in [0.2, 0.25) is 13.3 Å². The van der Waals surface area contributed by atoms with Gasteiger partial charge in [-0.15, -0.1) is 11.3 Å². The summed E-state index contributed by atoms with van der Waals surface area (Å²) in [5, 5.41) is 4.83. The molecule has 2 aromatic carbocycles. The van der Waals surface area contributed by atoms with Crippen molar-refractivity contribution in [1.29, 1.82) is 0 Å². The number of halogens is 2. The number of carbonyl (C=O) groups excluding carboxylic acids is 3. The molecule has 16 heteroatoms. The number of amides is 1. The van der Waals surface area contributed by atoms with Crippen LogP contribution in [0.1, 0.15) is 121 Å². The van der Waals surface area contributed by atoms with Gasteiger partial charge in [0.25, 0.3) is 0 Å². The molecule has 0 spiro atoms. The van der Waals surface area contributed by atoms with E-state index in [1.165, 1.54) is 35.5 Å². The summed E-state index contributed by atoms with van der Waals surface area (Å²) in [5.74, 6) is -3.15. The Balaban J connectivity index is 1.14. The number of hydrogen-bond acceptors (Lipinski definition) is 11. The first-order chi connectivity index (χ1) is 31.2. The lowest BCUT2D eigenvalue weighted by atomic mass is 9.94. The standard InChI is InChI=1S/C49H61F2N4O8PS/c1-29(2)52-48-54-39(28-65-48)38-23-43(35-19-20-42(61-4)45(51)46(35)53-38)62-34-22-40-41(56)25-49(64(59,60)27-36-30(3)13-12-18-37(36)50)24-32(49)15-9-7-5-6-8-14-31(47(58)55(40)26-34)21-44(57)63-33-16-10-11-17-33/h12-13,18-20,23,28-29,31-34,40H,5-11,14-17,21-22,24-27H2,1-4H3,(H,52,54)(H,59,60)/t31-,32+,34-,40+,49-/m1/s1. The van der Waals surface area contributed by atoms with Crippen LogP contribution in [0.3, 0.4) is 0 Å². The van der Waals surface area contributed by atoms with Gasteiger partial charge in [-0.1, -0.05) is 44.2 Å². The number of esters is 1. The van der Waals surface area contributed by atoms with Gasteiger partial charge in [-0.05, 0) is 95.4 Å². The number of thiazole rings is 1. The van der Waals surface area contributed by atoms with E-state index in [0.29, 0.717) is 53.2 Å². The second-order valence-electron chi connectivity index (χ2n) is 19.0. The number of pyridine rings is 1. The average Bonchev–Trinajstić information content (AvgIpc) is 3.68. The Morgan fingerprint density at radius 1 is 0.985 bits per heavy atom. The molecule has 1 amide bonds. The second kappa shape index (κ2) is 19.8. The zero-order valence-electron chi connectivity index (χ0n) is 37.8. The van der Waals surface area contributed by atoms with Crippen LogP contribution in [-0.2, 0) is 29.8 Å². The molecule has 4 aliphatic rings. The van der Waals surface area contributed by atoms with Crippen molar-refractivity contribution in [2.24, 2.45) is 11.8 Å². The lowest BCUT2D eigenvalue weighted by Gasteiger charge is -2.30. The van der Waals surface area contributed by atoms with Crippen LogP contribution in [0.25, 0.3) is 22.3 Å². The number of carbonyl (C=O) groups is 3. The molecule has 2 aliphatic heterocycles. The molecule has 0 radical (unpaired) electrons. The van der Waals surface area contributed by atoms with E-state index >= 15 is 13.6 Å². The molecule has 8 rings (SSSR count). The van der Waals surface area contributed by atoms with Crippen molar-refractivity contribution in [3.05, 3.63) is 64.5 Å². The van der Waals surface area contributed by atoms with Crippen molar-refractivity contribution in [3.8, 4) is 22.9 Å². The number of aryl methyl sites for hydroxylation is 1. The smallest absolute Gasteiger partial charge is 0.306 e. The fourth-order valence-electron chi connectivity index (χ4n) is 10.4. The molecule has 2 saturated carbocycles. The summed E-state index contributed by atoms with van der Waals surface area (Å²) >= 11 is 1.38. The highest BCUT2D eigenvalue weighted by molar-refractivity contribution is 7.59. The van der Waals surface area contributed by atoms with E-state index in [9.17, 15) is 19.0 Å². The summed E-state index contributed by atoms with van der Waals surface area (Å²) in [6, 6.07) is 8.46. The predicted molar refractivity (Wildman–Crippen MR) is 247 cm³/mol. The van der Waals surface area contributed by atoms with Crippen molar-refractivity contribution < 1.29 is 46.8 Å². The lowest BCUT2D eigenvalue weighted by molar-refractivity contribution is -0.154. The molecule has 2 saturated heterocycles. The highest BCUT2D eigenvalue weighted by atomic mass is 32.1. The molecule has 4 heterocycles. The Kier molecular flexibility index (Phi) is 14.3. The lowest BCUT2D eigenvalue weighted by Crippen LogP contribution is -2.45. The van der Waals surface area contributed by atoms with Gasteiger partial charge >= 0.3 is 5.97 Å². The Morgan fingerprint density at radius 2 is 1.72 bits per heavy atom. The first kappa shape index (κ1) is 47.0. The van der Waals surface area contributed by atoms with Crippen LogP contribution < -0.4 is 14.8 Å². The molecular weight excluding hydrogens is 874 g/mol. The minimum Gasteiger partial charge on any atom is -0.494 e. The molecule has 2 N–H and O–H groups in total. The maximum atomic E-state index is 16.1. The maximum absolute atomic E-state index is 16.1. The van der Waals surface area contributed by atoms with Crippen LogP contribution in [0.15, 0.2) is 41.8 Å². The largest absolute Gasteiger partial charge is 0.494 e. The summed E-state index contributed by atoms with van der Waals surface area (Å²) in [6.45, 7) is 5.68. The Bertz CT molecular complexity index is 2440. The van der Waals surface area contributed by atoms with Crippen molar-refractivity contribution in [2.75, 3.05) is 19.0 Å². The maximum Gasteiger partial charge on any atom is 0.306 e. The van der Waals surface area contributed by atoms with Crippen molar-refractivity contribution >= 4 is 52.4 Å². The molecule has 12 nitrogen and oxygen atoms in total. The number of hydrogen-bond donors (Lipinski definition) is 2. The highest BCUT2D eigenvalue weighted by Crippen LogP contribution is 2.75. The number of rotatable bonds is 12. The average molecular weight is 935 g/mol. The zero-order chi connectivity index (χ0) is 46.0. The molecule has 0 bridgehead atoms. The van der Waals surface area contributed by atoms with E-state index in [2.05, 4.69) is 10.3 Å². The summed E-state index contributed by atoms with van der Waals surface area (Å²) in [5.41, 5.74) is 1.57. The van der Waals surface area contributed by atoms with Crippen molar-refractivity contribution in [3.63, 3.8) is 0 Å². The highest BCUT2D eigenvalue weighted by Gasteiger charge is 2.66. The number of ether oxygens (including phenoxy) is 3. The SMILES string of the molecule is COc1ccc2c(O[C@@H]3C[C@H]4C(=O)C[C@]5(P(=O)(O)Cc6c(C)cccc6F)C[C@@H]5CCCCCCC[C@H](CC(=O)OC5CCCC5)C(=O)N4C3)cc(-c3csc(NC(C)C)n3)nc2c1F. The monoisotopic (exact) mass is 934 g/mol.